The Morgan fingerprint density at radius 1 is 1.00 bits per heavy atom. The average molecular weight is 213 g/mol. The fourth-order valence-corrected chi connectivity index (χ4v) is 3.28. The minimum Gasteiger partial charge on any atom is -0.310 e. The number of hydrogen-bond acceptors (Lipinski definition) is 2. The Kier molecular flexibility index (Phi) is 3.78. The van der Waals surface area contributed by atoms with E-state index in [0.717, 1.165) is 23.9 Å². The molecular weight excluding hydrogens is 190 g/mol. The van der Waals surface area contributed by atoms with E-state index in [-0.39, 0.29) is 0 Å². The monoisotopic (exact) mass is 213 g/mol. The fraction of sp³-hybridized carbons (Fsp3) is 1.00. The second-order valence-electron chi connectivity index (χ2n) is 5.26. The molecule has 0 atom stereocenters. The first-order valence-corrected chi connectivity index (χ1v) is 7.25. The van der Waals surface area contributed by atoms with Gasteiger partial charge in [-0.2, -0.15) is 11.8 Å². The van der Waals surface area contributed by atoms with Crippen LogP contribution < -0.4 is 5.32 Å². The zero-order valence-corrected chi connectivity index (χ0v) is 10.3. The molecule has 1 saturated carbocycles. The molecule has 1 saturated heterocycles. The van der Waals surface area contributed by atoms with Crippen LogP contribution in [0.4, 0.5) is 0 Å². The SMILES string of the molecule is CC(C)C1CCC(NC2CSC2)CC1. The first-order valence-electron chi connectivity index (χ1n) is 6.09. The zero-order valence-electron chi connectivity index (χ0n) is 9.46. The maximum absolute atomic E-state index is 3.79. The molecule has 2 fully saturated rings. The van der Waals surface area contributed by atoms with Gasteiger partial charge in [0.25, 0.3) is 0 Å². The normalized spacial score (nSPS) is 34.5. The standard InChI is InChI=1S/C12H23NS/c1-9(2)10-3-5-11(6-4-10)13-12-7-14-8-12/h9-13H,3-8H2,1-2H3. The molecule has 1 N–H and O–H groups in total. The predicted molar refractivity (Wildman–Crippen MR) is 64.8 cm³/mol. The third-order valence-corrected chi connectivity index (χ3v) is 5.10. The summed E-state index contributed by atoms with van der Waals surface area (Å²) in [6.07, 6.45) is 5.75. The predicted octanol–water partition coefficient (Wildman–Crippen LogP) is 2.91. The van der Waals surface area contributed by atoms with Gasteiger partial charge in [-0.15, -0.1) is 0 Å². The molecule has 0 bridgehead atoms. The molecule has 0 spiro atoms. The molecule has 1 aliphatic heterocycles. The van der Waals surface area contributed by atoms with E-state index >= 15 is 0 Å². The van der Waals surface area contributed by atoms with E-state index in [2.05, 4.69) is 30.9 Å². The Hall–Kier alpha value is 0.310. The Balaban J connectivity index is 1.67. The molecule has 2 aliphatic rings. The summed E-state index contributed by atoms with van der Waals surface area (Å²) in [6, 6.07) is 1.69. The summed E-state index contributed by atoms with van der Waals surface area (Å²) < 4.78 is 0. The van der Waals surface area contributed by atoms with Crippen molar-refractivity contribution in [3.8, 4) is 0 Å². The van der Waals surface area contributed by atoms with Crippen molar-refractivity contribution in [2.75, 3.05) is 11.5 Å². The van der Waals surface area contributed by atoms with Gasteiger partial charge in [-0.05, 0) is 37.5 Å². The van der Waals surface area contributed by atoms with Gasteiger partial charge >= 0.3 is 0 Å². The average Bonchev–Trinajstić information content (AvgIpc) is 2.12. The molecule has 82 valence electrons. The summed E-state index contributed by atoms with van der Waals surface area (Å²) in [4.78, 5) is 0. The van der Waals surface area contributed by atoms with Gasteiger partial charge in [-0.3, -0.25) is 0 Å². The van der Waals surface area contributed by atoms with E-state index < -0.39 is 0 Å². The van der Waals surface area contributed by atoms with Gasteiger partial charge in [0.15, 0.2) is 0 Å². The van der Waals surface area contributed by atoms with Crippen molar-refractivity contribution in [1.29, 1.82) is 0 Å². The topological polar surface area (TPSA) is 12.0 Å². The van der Waals surface area contributed by atoms with Crippen molar-refractivity contribution in [1.82, 2.24) is 5.32 Å². The van der Waals surface area contributed by atoms with Crippen LogP contribution in [0.5, 0.6) is 0 Å². The lowest BCUT2D eigenvalue weighted by atomic mass is 9.79. The third kappa shape index (κ3) is 2.66. The van der Waals surface area contributed by atoms with Crippen LogP contribution >= 0.6 is 11.8 Å². The fourth-order valence-electron chi connectivity index (χ4n) is 2.62. The highest BCUT2D eigenvalue weighted by atomic mass is 32.2. The summed E-state index contributed by atoms with van der Waals surface area (Å²) in [5, 5.41) is 3.79. The molecule has 1 nitrogen and oxygen atoms in total. The molecule has 0 radical (unpaired) electrons. The first kappa shape index (κ1) is 10.8. The summed E-state index contributed by atoms with van der Waals surface area (Å²) in [6.45, 7) is 4.75. The van der Waals surface area contributed by atoms with E-state index in [0.29, 0.717) is 0 Å². The highest BCUT2D eigenvalue weighted by Gasteiger charge is 2.26. The number of rotatable bonds is 3. The first-order chi connectivity index (χ1) is 6.75. The molecule has 1 aliphatic carbocycles. The number of thioether (sulfide) groups is 1. The van der Waals surface area contributed by atoms with E-state index in [1.165, 1.54) is 37.2 Å². The minimum atomic E-state index is 0.843. The second kappa shape index (κ2) is 4.89. The van der Waals surface area contributed by atoms with Crippen molar-refractivity contribution in [2.45, 2.75) is 51.6 Å². The molecule has 0 aromatic heterocycles. The maximum Gasteiger partial charge on any atom is 0.0251 e. The molecule has 14 heavy (non-hydrogen) atoms. The lowest BCUT2D eigenvalue weighted by Gasteiger charge is -2.36. The van der Waals surface area contributed by atoms with E-state index in [9.17, 15) is 0 Å². The van der Waals surface area contributed by atoms with Crippen LogP contribution in [0.15, 0.2) is 0 Å². The molecule has 0 amide bonds. The maximum atomic E-state index is 3.79. The van der Waals surface area contributed by atoms with Gasteiger partial charge in [0, 0.05) is 23.6 Å². The summed E-state index contributed by atoms with van der Waals surface area (Å²) in [7, 11) is 0. The Morgan fingerprint density at radius 3 is 2.07 bits per heavy atom. The Labute approximate surface area is 92.4 Å². The summed E-state index contributed by atoms with van der Waals surface area (Å²) in [5.74, 6) is 4.60. The van der Waals surface area contributed by atoms with E-state index in [1.807, 2.05) is 0 Å². The van der Waals surface area contributed by atoms with E-state index in [4.69, 9.17) is 0 Å². The molecule has 0 aromatic carbocycles. The van der Waals surface area contributed by atoms with Crippen molar-refractivity contribution < 1.29 is 0 Å². The third-order valence-electron chi connectivity index (χ3n) is 3.82. The van der Waals surface area contributed by atoms with Crippen LogP contribution in [-0.2, 0) is 0 Å². The molecule has 1 heterocycles. The van der Waals surface area contributed by atoms with Crippen molar-refractivity contribution in [3.63, 3.8) is 0 Å². The second-order valence-corrected chi connectivity index (χ2v) is 6.33. The smallest absolute Gasteiger partial charge is 0.0251 e. The van der Waals surface area contributed by atoms with Crippen LogP contribution in [0, 0.1) is 11.8 Å². The number of nitrogens with one attached hydrogen (secondary N) is 1. The molecule has 2 heteroatoms. The van der Waals surface area contributed by atoms with Crippen LogP contribution in [0.25, 0.3) is 0 Å². The highest BCUT2D eigenvalue weighted by molar-refractivity contribution is 8.00. The highest BCUT2D eigenvalue weighted by Crippen LogP contribution is 2.30. The quantitative estimate of drug-likeness (QED) is 0.773. The minimum absolute atomic E-state index is 0.843. The molecule has 2 rings (SSSR count). The van der Waals surface area contributed by atoms with Crippen molar-refractivity contribution in [2.24, 2.45) is 11.8 Å². The van der Waals surface area contributed by atoms with Crippen LogP contribution in [-0.4, -0.2) is 23.6 Å². The zero-order chi connectivity index (χ0) is 9.97. The lowest BCUT2D eigenvalue weighted by molar-refractivity contribution is 0.232. The van der Waals surface area contributed by atoms with Crippen LogP contribution in [0.1, 0.15) is 39.5 Å². The van der Waals surface area contributed by atoms with Crippen molar-refractivity contribution >= 4 is 11.8 Å². The van der Waals surface area contributed by atoms with Crippen LogP contribution in [0.2, 0.25) is 0 Å². The van der Waals surface area contributed by atoms with Crippen molar-refractivity contribution in [3.05, 3.63) is 0 Å². The Morgan fingerprint density at radius 2 is 1.64 bits per heavy atom. The van der Waals surface area contributed by atoms with Gasteiger partial charge in [-0.25, -0.2) is 0 Å². The largest absolute Gasteiger partial charge is 0.310 e. The molecular formula is C12H23NS. The van der Waals surface area contributed by atoms with Crippen LogP contribution in [0.3, 0.4) is 0 Å². The van der Waals surface area contributed by atoms with Gasteiger partial charge < -0.3 is 5.32 Å². The van der Waals surface area contributed by atoms with Gasteiger partial charge in [0.2, 0.25) is 0 Å². The summed E-state index contributed by atoms with van der Waals surface area (Å²) >= 11 is 2.08. The van der Waals surface area contributed by atoms with Gasteiger partial charge in [0.05, 0.1) is 0 Å². The van der Waals surface area contributed by atoms with E-state index in [1.54, 1.807) is 0 Å². The number of hydrogen-bond donors (Lipinski definition) is 1. The summed E-state index contributed by atoms with van der Waals surface area (Å²) in [5.41, 5.74) is 0. The molecule has 0 aromatic rings. The molecule has 0 unspecified atom stereocenters. The van der Waals surface area contributed by atoms with Gasteiger partial charge in [0.1, 0.15) is 0 Å². The lowest BCUT2D eigenvalue weighted by Crippen LogP contribution is -2.47. The Bertz CT molecular complexity index is 169. The van der Waals surface area contributed by atoms with Gasteiger partial charge in [-0.1, -0.05) is 13.8 Å².